The molecule has 2 aromatic rings. The van der Waals surface area contributed by atoms with Gasteiger partial charge in [0.2, 0.25) is 5.91 Å². The molecule has 1 unspecified atom stereocenters. The molecule has 11 heteroatoms. The van der Waals surface area contributed by atoms with E-state index in [1.807, 2.05) is 0 Å². The largest absolute Gasteiger partial charge is 0.493 e. The normalized spacial score (nSPS) is 15.5. The second-order valence-corrected chi connectivity index (χ2v) is 11.2. The summed E-state index contributed by atoms with van der Waals surface area (Å²) in [5, 5.41) is 2.69. The van der Waals surface area contributed by atoms with E-state index in [0.717, 1.165) is 6.26 Å². The monoisotopic (exact) mass is 518 g/mol. The molecule has 1 heterocycles. The maximum atomic E-state index is 13.9. The van der Waals surface area contributed by atoms with Crippen molar-refractivity contribution in [3.8, 4) is 11.5 Å². The molecule has 1 N–H and O–H groups in total. The smallest absolute Gasteiger partial charge is 0.356 e. The Balaban J connectivity index is 2.23. The Morgan fingerprint density at radius 1 is 1.06 bits per heavy atom. The Kier molecular flexibility index (Phi) is 8.17. The number of carbonyl (C=O) groups is 3. The van der Waals surface area contributed by atoms with Crippen molar-refractivity contribution in [2.75, 3.05) is 53.0 Å². The second-order valence-electron chi connectivity index (χ2n) is 8.97. The van der Waals surface area contributed by atoms with E-state index in [2.05, 4.69) is 5.32 Å². The lowest BCUT2D eigenvalue weighted by Gasteiger charge is -2.36. The molecule has 194 valence electrons. The molecule has 0 saturated carbocycles. The molecule has 3 rings (SSSR count). The maximum absolute atomic E-state index is 13.9. The number of nitrogens with one attached hydrogen (secondary N) is 1. The number of amides is 3. The van der Waals surface area contributed by atoms with Gasteiger partial charge in [-0.1, -0.05) is 12.1 Å². The van der Waals surface area contributed by atoms with E-state index in [0.29, 0.717) is 23.7 Å². The standard InChI is InChI=1S/C25H31N3O7S/c1-6-35-22-13-17(11-12-21(22)34-4)20(15-36(5,32)33)28(16-26-23(29)14-27(2)3)24(30)18-9-7-8-10-19(18)25(28)31/h7-13,20H,6,14-16H2,1-5H3/p+1. The van der Waals surface area contributed by atoms with Crippen molar-refractivity contribution < 1.29 is 36.8 Å². The van der Waals surface area contributed by atoms with Crippen LogP contribution in [0.2, 0.25) is 0 Å². The number of nitrogens with zero attached hydrogens (tertiary/aromatic N) is 2. The topological polar surface area (TPSA) is 119 Å². The van der Waals surface area contributed by atoms with Crippen LogP contribution in [0.4, 0.5) is 0 Å². The zero-order chi connectivity index (χ0) is 26.7. The SMILES string of the molecule is CCOc1cc(C(CS(C)(=O)=O)[N+]2(CNC(=O)CN(C)C)C(=O)c3ccccc3C2=O)ccc1OC. The number of hydrogen-bond donors (Lipinski definition) is 1. The molecular formula is C25H32N3O7S+. The van der Waals surface area contributed by atoms with Crippen molar-refractivity contribution in [1.82, 2.24) is 10.2 Å². The highest BCUT2D eigenvalue weighted by molar-refractivity contribution is 7.90. The van der Waals surface area contributed by atoms with Crippen LogP contribution in [0, 0.1) is 0 Å². The lowest BCUT2D eigenvalue weighted by molar-refractivity contribution is -0.796. The van der Waals surface area contributed by atoms with Crippen molar-refractivity contribution in [2.24, 2.45) is 0 Å². The number of rotatable bonds is 11. The summed E-state index contributed by atoms with van der Waals surface area (Å²) in [6.07, 6.45) is 1.05. The van der Waals surface area contributed by atoms with Crippen LogP contribution in [0.1, 0.15) is 39.2 Å². The number of hydrogen-bond acceptors (Lipinski definition) is 8. The van der Waals surface area contributed by atoms with E-state index in [1.54, 1.807) is 56.3 Å². The summed E-state index contributed by atoms with van der Waals surface area (Å²) in [5.41, 5.74) is 0.754. The molecule has 36 heavy (non-hydrogen) atoms. The average molecular weight is 519 g/mol. The van der Waals surface area contributed by atoms with Gasteiger partial charge in [0.25, 0.3) is 0 Å². The van der Waals surface area contributed by atoms with Gasteiger partial charge in [-0.3, -0.25) is 4.79 Å². The minimum atomic E-state index is -3.69. The number of methoxy groups -OCH3 is 1. The molecule has 0 aliphatic carbocycles. The predicted octanol–water partition coefficient (Wildman–Crippen LogP) is 1.63. The number of likely N-dealkylation sites (N-methyl/N-ethyl adjacent to an activating group) is 1. The Hall–Kier alpha value is -3.28. The number of sulfone groups is 1. The minimum Gasteiger partial charge on any atom is -0.493 e. The third kappa shape index (κ3) is 5.43. The zero-order valence-corrected chi connectivity index (χ0v) is 21.9. The summed E-state index contributed by atoms with van der Waals surface area (Å²) in [6.45, 7) is 1.73. The summed E-state index contributed by atoms with van der Waals surface area (Å²) < 4.78 is 35.4. The number of carbonyl (C=O) groups excluding carboxylic acids is 3. The van der Waals surface area contributed by atoms with Crippen LogP contribution in [0.5, 0.6) is 11.5 Å². The molecule has 0 aromatic heterocycles. The van der Waals surface area contributed by atoms with Crippen LogP contribution >= 0.6 is 0 Å². The van der Waals surface area contributed by atoms with Crippen LogP contribution in [-0.2, 0) is 14.6 Å². The van der Waals surface area contributed by atoms with E-state index in [9.17, 15) is 22.8 Å². The van der Waals surface area contributed by atoms with Gasteiger partial charge in [-0.05, 0) is 51.4 Å². The zero-order valence-electron chi connectivity index (χ0n) is 21.1. The summed E-state index contributed by atoms with van der Waals surface area (Å²) >= 11 is 0. The number of benzene rings is 2. The van der Waals surface area contributed by atoms with Gasteiger partial charge in [0.15, 0.2) is 28.0 Å². The molecule has 0 spiro atoms. The highest BCUT2D eigenvalue weighted by Crippen LogP contribution is 2.42. The fraction of sp³-hybridized carbons (Fsp3) is 0.400. The highest BCUT2D eigenvalue weighted by atomic mass is 32.2. The Morgan fingerprint density at radius 2 is 1.67 bits per heavy atom. The molecule has 1 aliphatic heterocycles. The van der Waals surface area contributed by atoms with E-state index in [4.69, 9.17) is 9.47 Å². The first kappa shape index (κ1) is 27.3. The number of ether oxygens (including phenoxy) is 2. The quantitative estimate of drug-likeness (QED) is 0.352. The second kappa shape index (κ2) is 10.8. The first-order valence-corrected chi connectivity index (χ1v) is 13.5. The molecule has 0 fully saturated rings. The van der Waals surface area contributed by atoms with Crippen molar-refractivity contribution in [3.63, 3.8) is 0 Å². The first-order valence-electron chi connectivity index (χ1n) is 11.4. The summed E-state index contributed by atoms with van der Waals surface area (Å²) in [7, 11) is 1.21. The highest BCUT2D eigenvalue weighted by Gasteiger charge is 2.59. The van der Waals surface area contributed by atoms with Crippen LogP contribution in [0.3, 0.4) is 0 Å². The fourth-order valence-corrected chi connectivity index (χ4v) is 5.43. The summed E-state index contributed by atoms with van der Waals surface area (Å²) in [5.74, 6) is -1.31. The molecule has 0 saturated heterocycles. The van der Waals surface area contributed by atoms with Gasteiger partial charge in [-0.25, -0.2) is 18.0 Å². The van der Waals surface area contributed by atoms with Gasteiger partial charge < -0.3 is 19.7 Å². The Morgan fingerprint density at radius 3 is 2.17 bits per heavy atom. The molecule has 0 bridgehead atoms. The summed E-state index contributed by atoms with van der Waals surface area (Å²) in [4.78, 5) is 42.1. The summed E-state index contributed by atoms with van der Waals surface area (Å²) in [6, 6.07) is 10.0. The molecular weight excluding hydrogens is 486 g/mol. The third-order valence-electron chi connectivity index (χ3n) is 5.96. The van der Waals surface area contributed by atoms with Gasteiger partial charge >= 0.3 is 11.8 Å². The first-order chi connectivity index (χ1) is 16.9. The number of quaternary nitrogens is 1. The Labute approximate surface area is 211 Å². The van der Waals surface area contributed by atoms with Crippen LogP contribution in [0.25, 0.3) is 0 Å². The molecule has 3 amide bonds. The number of fused-ring (bicyclic) bond motifs is 1. The third-order valence-corrected chi connectivity index (χ3v) is 6.88. The van der Waals surface area contributed by atoms with E-state index in [1.165, 1.54) is 19.2 Å². The van der Waals surface area contributed by atoms with E-state index in [-0.39, 0.29) is 17.7 Å². The number of imide groups is 1. The van der Waals surface area contributed by atoms with E-state index < -0.39 is 50.5 Å². The van der Waals surface area contributed by atoms with Gasteiger partial charge in [-0.15, -0.1) is 0 Å². The van der Waals surface area contributed by atoms with Crippen molar-refractivity contribution >= 4 is 27.6 Å². The van der Waals surface area contributed by atoms with Gasteiger partial charge in [0, 0.05) is 11.8 Å². The molecule has 0 radical (unpaired) electrons. The predicted molar refractivity (Wildman–Crippen MR) is 134 cm³/mol. The van der Waals surface area contributed by atoms with Crippen molar-refractivity contribution in [1.29, 1.82) is 0 Å². The lowest BCUT2D eigenvalue weighted by atomic mass is 10.0. The lowest BCUT2D eigenvalue weighted by Crippen LogP contribution is -2.61. The van der Waals surface area contributed by atoms with Gasteiger partial charge in [0.05, 0.1) is 31.4 Å². The van der Waals surface area contributed by atoms with Gasteiger partial charge in [0.1, 0.15) is 11.8 Å². The van der Waals surface area contributed by atoms with E-state index >= 15 is 0 Å². The van der Waals surface area contributed by atoms with Crippen LogP contribution in [0.15, 0.2) is 42.5 Å². The van der Waals surface area contributed by atoms with Gasteiger partial charge in [-0.2, -0.15) is 4.48 Å². The average Bonchev–Trinajstić information content (AvgIpc) is 3.03. The Bertz CT molecular complexity index is 1240. The maximum Gasteiger partial charge on any atom is 0.356 e. The van der Waals surface area contributed by atoms with Crippen molar-refractivity contribution in [2.45, 2.75) is 13.0 Å². The molecule has 10 nitrogen and oxygen atoms in total. The van der Waals surface area contributed by atoms with Crippen LogP contribution < -0.4 is 14.8 Å². The minimum absolute atomic E-state index is 0.0308. The van der Waals surface area contributed by atoms with Crippen LogP contribution in [-0.4, -0.2) is 88.6 Å². The molecule has 2 aromatic carbocycles. The molecule has 1 aliphatic rings. The fourth-order valence-electron chi connectivity index (χ4n) is 4.40. The molecule has 1 atom stereocenters. The van der Waals surface area contributed by atoms with Crippen molar-refractivity contribution in [3.05, 3.63) is 59.2 Å².